The number of carboxylic acids is 1. The molecule has 1 heterocycles. The van der Waals surface area contributed by atoms with Crippen LogP contribution in [0.1, 0.15) is 25.3 Å². The molecule has 0 aromatic heterocycles. The maximum absolute atomic E-state index is 12.8. The largest absolute Gasteiger partial charge is 0.481 e. The van der Waals surface area contributed by atoms with Crippen LogP contribution in [0.4, 0.5) is 4.39 Å². The van der Waals surface area contributed by atoms with Gasteiger partial charge in [-0.25, -0.2) is 4.39 Å². The number of rotatable bonds is 4. The molecule has 1 fully saturated rings. The van der Waals surface area contributed by atoms with Gasteiger partial charge in [0.15, 0.2) is 0 Å². The van der Waals surface area contributed by atoms with E-state index in [4.69, 9.17) is 5.11 Å². The normalized spacial score (nSPS) is 22.0. The van der Waals surface area contributed by atoms with Crippen molar-refractivity contribution in [2.45, 2.75) is 32.2 Å². The number of aliphatic carboxylic acids is 1. The molecule has 1 aliphatic heterocycles. The summed E-state index contributed by atoms with van der Waals surface area (Å²) in [6, 6.07) is 5.82. The average Bonchev–Trinajstić information content (AvgIpc) is 2.80. The highest BCUT2D eigenvalue weighted by Crippen LogP contribution is 2.25. The molecule has 2 rings (SSSR count). The molecule has 0 radical (unpaired) electrons. The zero-order valence-electron chi connectivity index (χ0n) is 11.4. The number of aryl methyl sites for hydroxylation is 1. The highest BCUT2D eigenvalue weighted by Gasteiger charge is 2.37. The minimum Gasteiger partial charge on any atom is -0.481 e. The zero-order valence-corrected chi connectivity index (χ0v) is 11.4. The molecule has 1 aromatic carbocycles. The molecule has 1 saturated heterocycles. The van der Waals surface area contributed by atoms with Crippen LogP contribution < -0.4 is 0 Å². The van der Waals surface area contributed by atoms with Crippen molar-refractivity contribution in [1.82, 2.24) is 4.90 Å². The topological polar surface area (TPSA) is 57.6 Å². The van der Waals surface area contributed by atoms with Gasteiger partial charge in [0.25, 0.3) is 0 Å². The fourth-order valence-electron chi connectivity index (χ4n) is 2.67. The molecular formula is C15H18FNO3. The average molecular weight is 279 g/mol. The second kappa shape index (κ2) is 6.03. The lowest BCUT2D eigenvalue weighted by Crippen LogP contribution is -2.37. The van der Waals surface area contributed by atoms with E-state index < -0.39 is 11.9 Å². The number of carbonyl (C=O) groups excluding carboxylic acids is 1. The van der Waals surface area contributed by atoms with E-state index in [2.05, 4.69) is 0 Å². The summed E-state index contributed by atoms with van der Waals surface area (Å²) in [7, 11) is 0. The Morgan fingerprint density at radius 2 is 2.00 bits per heavy atom. The first-order chi connectivity index (χ1) is 9.49. The quantitative estimate of drug-likeness (QED) is 0.918. The number of carboxylic acid groups (broad SMARTS) is 1. The number of benzene rings is 1. The van der Waals surface area contributed by atoms with Crippen LogP contribution in [0.15, 0.2) is 24.3 Å². The summed E-state index contributed by atoms with van der Waals surface area (Å²) in [6.07, 6.45) is 1.38. The Balaban J connectivity index is 1.89. The Kier molecular flexibility index (Phi) is 4.37. The van der Waals surface area contributed by atoms with Crippen molar-refractivity contribution in [3.05, 3.63) is 35.6 Å². The van der Waals surface area contributed by atoms with Gasteiger partial charge in [0.2, 0.25) is 5.91 Å². The predicted molar refractivity (Wildman–Crippen MR) is 71.6 cm³/mol. The number of nitrogens with zero attached hydrogens (tertiary/aromatic N) is 1. The van der Waals surface area contributed by atoms with E-state index in [-0.39, 0.29) is 17.8 Å². The van der Waals surface area contributed by atoms with Crippen molar-refractivity contribution >= 4 is 11.9 Å². The maximum atomic E-state index is 12.8. The van der Waals surface area contributed by atoms with E-state index in [0.717, 1.165) is 5.56 Å². The van der Waals surface area contributed by atoms with Crippen LogP contribution in [-0.4, -0.2) is 34.5 Å². The Hall–Kier alpha value is -1.91. The molecule has 1 N–H and O–H groups in total. The molecule has 0 aliphatic carbocycles. The van der Waals surface area contributed by atoms with Crippen molar-refractivity contribution in [1.29, 1.82) is 0 Å². The van der Waals surface area contributed by atoms with Crippen molar-refractivity contribution in [3.63, 3.8) is 0 Å². The fourth-order valence-corrected chi connectivity index (χ4v) is 2.67. The van der Waals surface area contributed by atoms with Crippen LogP contribution in [0.5, 0.6) is 0 Å². The molecule has 4 nitrogen and oxygen atoms in total. The third kappa shape index (κ3) is 3.15. The molecule has 0 spiro atoms. The van der Waals surface area contributed by atoms with Crippen LogP contribution >= 0.6 is 0 Å². The summed E-state index contributed by atoms with van der Waals surface area (Å²) in [4.78, 5) is 24.8. The van der Waals surface area contributed by atoms with Gasteiger partial charge in [0.05, 0.1) is 5.92 Å². The van der Waals surface area contributed by atoms with E-state index in [1.807, 2.05) is 0 Å². The van der Waals surface area contributed by atoms with Crippen molar-refractivity contribution in [2.75, 3.05) is 6.54 Å². The van der Waals surface area contributed by atoms with Gasteiger partial charge >= 0.3 is 5.97 Å². The number of hydrogen-bond donors (Lipinski definition) is 1. The number of halogens is 1. The van der Waals surface area contributed by atoms with E-state index in [0.29, 0.717) is 25.8 Å². The predicted octanol–water partition coefficient (Wildman–Crippen LogP) is 2.08. The minimum absolute atomic E-state index is 0.0365. The molecule has 0 bridgehead atoms. The first kappa shape index (κ1) is 14.5. The maximum Gasteiger partial charge on any atom is 0.308 e. The monoisotopic (exact) mass is 279 g/mol. The number of amides is 1. The summed E-state index contributed by atoms with van der Waals surface area (Å²) in [6.45, 7) is 2.28. The fraction of sp³-hybridized carbons (Fsp3) is 0.467. The lowest BCUT2D eigenvalue weighted by atomic mass is 10.0. The van der Waals surface area contributed by atoms with E-state index in [1.165, 1.54) is 12.1 Å². The zero-order chi connectivity index (χ0) is 14.7. The van der Waals surface area contributed by atoms with Crippen LogP contribution in [0, 0.1) is 11.7 Å². The smallest absolute Gasteiger partial charge is 0.308 e. The molecule has 1 aromatic rings. The van der Waals surface area contributed by atoms with Crippen LogP contribution in [0.3, 0.4) is 0 Å². The van der Waals surface area contributed by atoms with Gasteiger partial charge in [0.1, 0.15) is 5.82 Å². The highest BCUT2D eigenvalue weighted by atomic mass is 19.1. The number of likely N-dealkylation sites (tertiary alicyclic amines) is 1. The lowest BCUT2D eigenvalue weighted by molar-refractivity contribution is -0.143. The molecule has 20 heavy (non-hydrogen) atoms. The van der Waals surface area contributed by atoms with Crippen molar-refractivity contribution in [3.8, 4) is 0 Å². The first-order valence-corrected chi connectivity index (χ1v) is 6.75. The van der Waals surface area contributed by atoms with Gasteiger partial charge in [-0.3, -0.25) is 9.59 Å². The summed E-state index contributed by atoms with van der Waals surface area (Å²) >= 11 is 0. The number of carbonyl (C=O) groups is 2. The SMILES string of the molecule is CC1C(C(=O)O)CCN1C(=O)CCc1ccc(F)cc1. The molecule has 2 unspecified atom stereocenters. The van der Waals surface area contributed by atoms with Gasteiger partial charge in [0, 0.05) is 19.0 Å². The van der Waals surface area contributed by atoms with Crippen LogP contribution in [0.2, 0.25) is 0 Å². The number of hydrogen-bond acceptors (Lipinski definition) is 2. The molecular weight excluding hydrogens is 261 g/mol. The van der Waals surface area contributed by atoms with Gasteiger partial charge in [-0.15, -0.1) is 0 Å². The second-order valence-electron chi connectivity index (χ2n) is 5.19. The summed E-state index contributed by atoms with van der Waals surface area (Å²) in [5.74, 6) is -1.64. The molecule has 108 valence electrons. The standard InChI is InChI=1S/C15H18FNO3/c1-10-13(15(19)20)8-9-17(10)14(18)7-4-11-2-5-12(16)6-3-11/h2-3,5-6,10,13H,4,7-9H2,1H3,(H,19,20). The second-order valence-corrected chi connectivity index (χ2v) is 5.19. The first-order valence-electron chi connectivity index (χ1n) is 6.75. The molecule has 1 aliphatic rings. The summed E-state index contributed by atoms with van der Waals surface area (Å²) in [5, 5.41) is 9.04. The highest BCUT2D eigenvalue weighted by molar-refractivity contribution is 5.79. The summed E-state index contributed by atoms with van der Waals surface area (Å²) < 4.78 is 12.8. The Labute approximate surface area is 117 Å². The molecule has 5 heteroatoms. The molecule has 1 amide bonds. The minimum atomic E-state index is -0.841. The van der Waals surface area contributed by atoms with Gasteiger partial charge in [-0.2, -0.15) is 0 Å². The Morgan fingerprint density at radius 1 is 1.35 bits per heavy atom. The van der Waals surface area contributed by atoms with E-state index in [1.54, 1.807) is 24.0 Å². The van der Waals surface area contributed by atoms with Gasteiger partial charge < -0.3 is 10.0 Å². The molecule has 2 atom stereocenters. The van der Waals surface area contributed by atoms with Crippen LogP contribution in [0.25, 0.3) is 0 Å². The lowest BCUT2D eigenvalue weighted by Gasteiger charge is -2.23. The Bertz CT molecular complexity index is 500. The van der Waals surface area contributed by atoms with Crippen molar-refractivity contribution < 1.29 is 19.1 Å². The third-order valence-corrected chi connectivity index (χ3v) is 3.93. The van der Waals surface area contributed by atoms with Crippen molar-refractivity contribution in [2.24, 2.45) is 5.92 Å². The Morgan fingerprint density at radius 3 is 2.55 bits per heavy atom. The van der Waals surface area contributed by atoms with E-state index >= 15 is 0 Å². The van der Waals surface area contributed by atoms with Crippen LogP contribution in [-0.2, 0) is 16.0 Å². The molecule has 0 saturated carbocycles. The summed E-state index contributed by atoms with van der Waals surface area (Å²) in [5.41, 5.74) is 0.904. The third-order valence-electron chi connectivity index (χ3n) is 3.93. The van der Waals surface area contributed by atoms with Gasteiger partial charge in [-0.05, 0) is 37.5 Å². The van der Waals surface area contributed by atoms with Gasteiger partial charge in [-0.1, -0.05) is 12.1 Å². The van der Waals surface area contributed by atoms with E-state index in [9.17, 15) is 14.0 Å².